The van der Waals surface area contributed by atoms with Crippen LogP contribution in [0.2, 0.25) is 0 Å². The molecule has 0 aliphatic carbocycles. The topological polar surface area (TPSA) is 37.3 Å². The maximum atomic E-state index is 9.00. The Morgan fingerprint density at radius 3 is 1.67 bits per heavy atom. The largest absolute Gasteiger partial charge is 0.481 e. The summed E-state index contributed by atoms with van der Waals surface area (Å²) in [6, 6.07) is 0. The van der Waals surface area contributed by atoms with Gasteiger partial charge in [-0.25, -0.2) is 0 Å². The zero-order valence-electron chi connectivity index (χ0n) is 3.07. The molecular weight excluding hydrogens is 246 g/mol. The molecule has 4 heteroatoms. The van der Waals surface area contributed by atoms with E-state index in [-0.39, 0.29) is 41.0 Å². The van der Waals surface area contributed by atoms with Crippen molar-refractivity contribution in [1.82, 2.24) is 0 Å². The Balaban J connectivity index is -0.0000000450. The van der Waals surface area contributed by atoms with Crippen LogP contribution in [0.1, 0.15) is 6.92 Å². The van der Waals surface area contributed by atoms with Crippen LogP contribution in [0.4, 0.5) is 0 Å². The third-order valence-corrected chi connectivity index (χ3v) is 0. The Kier molecular flexibility index (Phi) is 24.4. The van der Waals surface area contributed by atoms with Crippen molar-refractivity contribution in [3.63, 3.8) is 0 Å². The predicted molar refractivity (Wildman–Crippen MR) is 28.7 cm³/mol. The molecule has 43 valence electrons. The van der Waals surface area contributed by atoms with Gasteiger partial charge in [0.25, 0.3) is 5.97 Å². The first-order chi connectivity index (χ1) is 1.73. The first-order valence-electron chi connectivity index (χ1n) is 0.928. The monoisotopic (exact) mass is 251 g/mol. The van der Waals surface area contributed by atoms with Crippen molar-refractivity contribution in [2.75, 3.05) is 0 Å². The summed E-state index contributed by atoms with van der Waals surface area (Å²) in [5, 5.41) is 7.42. The quantitative estimate of drug-likeness (QED) is 0.508. The third-order valence-electron chi connectivity index (χ3n) is 0. The van der Waals surface area contributed by atoms with Crippen LogP contribution < -0.4 is 0 Å². The van der Waals surface area contributed by atoms with Gasteiger partial charge < -0.3 is 5.11 Å². The van der Waals surface area contributed by atoms with Crippen LogP contribution in [0.25, 0.3) is 0 Å². The Morgan fingerprint density at radius 1 is 1.67 bits per heavy atom. The second kappa shape index (κ2) is 9.21. The van der Waals surface area contributed by atoms with E-state index in [1.54, 1.807) is 0 Å². The molecule has 0 aromatic rings. The Labute approximate surface area is 63.8 Å². The average Bonchev–Trinajstić information content (AvgIpc) is 0.811. The van der Waals surface area contributed by atoms with Crippen LogP contribution in [-0.4, -0.2) is 11.1 Å². The fourth-order valence-corrected chi connectivity index (χ4v) is 0. The maximum absolute atomic E-state index is 9.00. The number of rotatable bonds is 0. The molecule has 0 saturated heterocycles. The van der Waals surface area contributed by atoms with E-state index in [0.29, 0.717) is 0 Å². The maximum Gasteiger partial charge on any atom is 0.300 e. The number of halogens is 1. The minimum Gasteiger partial charge on any atom is -0.481 e. The van der Waals surface area contributed by atoms with E-state index in [2.05, 4.69) is 0 Å². The van der Waals surface area contributed by atoms with Crippen molar-refractivity contribution in [1.29, 1.82) is 0 Å². The van der Waals surface area contributed by atoms with Crippen LogP contribution >= 0.6 is 24.0 Å². The number of carbonyl (C=O) groups is 1. The minimum atomic E-state index is -0.833. The molecular formula is C2H5CuIO2. The molecule has 0 heterocycles. The summed E-state index contributed by atoms with van der Waals surface area (Å²) in [5.74, 6) is -0.833. The normalized spacial score (nSPS) is 4.17. The fourth-order valence-electron chi connectivity index (χ4n) is 0. The molecule has 1 radical (unpaired) electrons. The van der Waals surface area contributed by atoms with E-state index in [1.165, 1.54) is 0 Å². The van der Waals surface area contributed by atoms with Crippen molar-refractivity contribution in [2.24, 2.45) is 0 Å². The molecule has 0 aliphatic heterocycles. The standard InChI is InChI=1S/C2H4O2.Cu.HI/c1-2(3)4;;/h1H3,(H,3,4);;1H. The molecule has 0 fully saturated rings. The summed E-state index contributed by atoms with van der Waals surface area (Å²) < 4.78 is 0. The summed E-state index contributed by atoms with van der Waals surface area (Å²) in [7, 11) is 0. The second-order valence-electron chi connectivity index (χ2n) is 0.519. The predicted octanol–water partition coefficient (Wildman–Crippen LogP) is 0.706. The van der Waals surface area contributed by atoms with Gasteiger partial charge >= 0.3 is 0 Å². The Morgan fingerprint density at radius 2 is 1.67 bits per heavy atom. The molecule has 0 amide bonds. The molecule has 1 N–H and O–H groups in total. The zero-order valence-corrected chi connectivity index (χ0v) is 6.34. The summed E-state index contributed by atoms with van der Waals surface area (Å²) >= 11 is 0. The van der Waals surface area contributed by atoms with Crippen molar-refractivity contribution in [2.45, 2.75) is 6.92 Å². The third kappa shape index (κ3) is 126. The zero-order chi connectivity index (χ0) is 3.58. The number of hydrogen-bond acceptors (Lipinski definition) is 1. The van der Waals surface area contributed by atoms with Gasteiger partial charge in [-0.15, -0.1) is 24.0 Å². The van der Waals surface area contributed by atoms with E-state index >= 15 is 0 Å². The number of hydrogen-bond donors (Lipinski definition) is 1. The van der Waals surface area contributed by atoms with E-state index in [9.17, 15) is 0 Å². The summed E-state index contributed by atoms with van der Waals surface area (Å²) in [6.45, 7) is 1.08. The van der Waals surface area contributed by atoms with Gasteiger partial charge in [-0.2, -0.15) is 0 Å². The van der Waals surface area contributed by atoms with Gasteiger partial charge in [0.15, 0.2) is 0 Å². The molecule has 6 heavy (non-hydrogen) atoms. The average molecular weight is 252 g/mol. The van der Waals surface area contributed by atoms with Crippen molar-refractivity contribution >= 4 is 29.9 Å². The van der Waals surface area contributed by atoms with Crippen molar-refractivity contribution < 1.29 is 27.0 Å². The van der Waals surface area contributed by atoms with Crippen LogP contribution in [0.15, 0.2) is 0 Å². The summed E-state index contributed by atoms with van der Waals surface area (Å²) in [6.07, 6.45) is 0. The van der Waals surface area contributed by atoms with Crippen LogP contribution in [0.5, 0.6) is 0 Å². The van der Waals surface area contributed by atoms with E-state index in [1.807, 2.05) is 0 Å². The molecule has 0 aromatic carbocycles. The first kappa shape index (κ1) is 15.9. The molecule has 0 bridgehead atoms. The van der Waals surface area contributed by atoms with Crippen molar-refractivity contribution in [3.8, 4) is 0 Å². The van der Waals surface area contributed by atoms with Gasteiger partial charge in [0.05, 0.1) is 0 Å². The van der Waals surface area contributed by atoms with E-state index < -0.39 is 5.97 Å². The first-order valence-corrected chi connectivity index (χ1v) is 0.928. The van der Waals surface area contributed by atoms with Gasteiger partial charge in [0.2, 0.25) is 0 Å². The SMILES string of the molecule is CC(=O)O.I.[Cu]. The molecule has 0 atom stereocenters. The molecule has 0 spiro atoms. The van der Waals surface area contributed by atoms with Crippen LogP contribution in [-0.2, 0) is 21.9 Å². The minimum absolute atomic E-state index is 0. The molecule has 0 saturated carbocycles. The van der Waals surface area contributed by atoms with Gasteiger partial charge in [0, 0.05) is 24.0 Å². The molecule has 0 aliphatic rings. The van der Waals surface area contributed by atoms with Gasteiger partial charge in [-0.05, 0) is 0 Å². The van der Waals surface area contributed by atoms with Crippen molar-refractivity contribution in [3.05, 3.63) is 0 Å². The molecule has 2 nitrogen and oxygen atoms in total. The van der Waals surface area contributed by atoms with Gasteiger partial charge in [-0.3, -0.25) is 4.79 Å². The Hall–Kier alpha value is 0.719. The number of carboxylic acids is 1. The van der Waals surface area contributed by atoms with Gasteiger partial charge in [-0.1, -0.05) is 0 Å². The van der Waals surface area contributed by atoms with Crippen LogP contribution in [0, 0.1) is 0 Å². The number of carboxylic acid groups (broad SMARTS) is 1. The summed E-state index contributed by atoms with van der Waals surface area (Å²) in [5.41, 5.74) is 0. The Bertz CT molecular complexity index is 34.5. The summed E-state index contributed by atoms with van der Waals surface area (Å²) in [4.78, 5) is 9.00. The molecule has 0 rings (SSSR count). The van der Waals surface area contributed by atoms with E-state index in [4.69, 9.17) is 9.90 Å². The van der Waals surface area contributed by atoms with E-state index in [0.717, 1.165) is 6.92 Å². The molecule has 0 aromatic heterocycles. The smallest absolute Gasteiger partial charge is 0.300 e. The fraction of sp³-hybridized carbons (Fsp3) is 0.500. The second-order valence-corrected chi connectivity index (χ2v) is 0.519. The van der Waals surface area contributed by atoms with Gasteiger partial charge in [0.1, 0.15) is 0 Å². The number of aliphatic carboxylic acids is 1. The van der Waals surface area contributed by atoms with Crippen LogP contribution in [0.3, 0.4) is 0 Å². The molecule has 0 unspecified atom stereocenters.